The molecule has 0 bridgehead atoms. The van der Waals surface area contributed by atoms with Gasteiger partial charge in [0.1, 0.15) is 0 Å². The van der Waals surface area contributed by atoms with Crippen molar-refractivity contribution in [3.8, 4) is 0 Å². The predicted molar refractivity (Wildman–Crippen MR) is 117 cm³/mol. The molecule has 0 aromatic heterocycles. The van der Waals surface area contributed by atoms with Crippen molar-refractivity contribution in [2.75, 3.05) is 4.90 Å². The van der Waals surface area contributed by atoms with Crippen molar-refractivity contribution in [2.24, 2.45) is 0 Å². The molecule has 1 spiro atoms. The van der Waals surface area contributed by atoms with Crippen molar-refractivity contribution in [3.63, 3.8) is 0 Å². The quantitative estimate of drug-likeness (QED) is 0.572. The van der Waals surface area contributed by atoms with Crippen molar-refractivity contribution in [3.05, 3.63) is 99.0 Å². The maximum atomic E-state index is 13.7. The number of carboxylic acids is 1. The van der Waals surface area contributed by atoms with E-state index in [-0.39, 0.29) is 17.4 Å². The number of fused-ring (bicyclic) bond motifs is 2. The molecule has 1 saturated carbocycles. The fourth-order valence-corrected chi connectivity index (χ4v) is 4.90. The summed E-state index contributed by atoms with van der Waals surface area (Å²) in [5, 5.41) is 10.5. The Labute approximate surface area is 183 Å². The van der Waals surface area contributed by atoms with Crippen LogP contribution < -0.4 is 4.90 Å². The zero-order chi connectivity index (χ0) is 21.0. The minimum Gasteiger partial charge on any atom is -0.478 e. The number of hydrogen-bond donors (Lipinski definition) is 1. The van der Waals surface area contributed by atoms with Gasteiger partial charge < -0.3 is 10.0 Å². The first kappa shape index (κ1) is 19.2. The third-order valence-electron chi connectivity index (χ3n) is 6.10. The van der Waals surface area contributed by atoms with Crippen LogP contribution in [0.5, 0.6) is 0 Å². The highest BCUT2D eigenvalue weighted by Gasteiger charge is 2.67. The molecule has 6 heteroatoms. The van der Waals surface area contributed by atoms with E-state index >= 15 is 0 Å². The van der Waals surface area contributed by atoms with E-state index in [4.69, 9.17) is 23.2 Å². The second-order valence-electron chi connectivity index (χ2n) is 7.84. The van der Waals surface area contributed by atoms with Crippen LogP contribution in [0.3, 0.4) is 0 Å². The number of nitrogens with zero attached hydrogens (tertiary/aromatic N) is 1. The van der Waals surface area contributed by atoms with Gasteiger partial charge in [-0.05, 0) is 65.6 Å². The van der Waals surface area contributed by atoms with Gasteiger partial charge in [-0.2, -0.15) is 0 Å². The lowest BCUT2D eigenvalue weighted by atomic mass is 9.92. The Morgan fingerprint density at radius 3 is 2.50 bits per heavy atom. The smallest absolute Gasteiger partial charge is 0.335 e. The van der Waals surface area contributed by atoms with E-state index in [2.05, 4.69) is 0 Å². The Morgan fingerprint density at radius 1 is 1.03 bits per heavy atom. The van der Waals surface area contributed by atoms with Crippen molar-refractivity contribution in [1.82, 2.24) is 0 Å². The van der Waals surface area contributed by atoms with E-state index in [0.29, 0.717) is 23.0 Å². The van der Waals surface area contributed by atoms with Crippen LogP contribution in [-0.2, 0) is 16.8 Å². The number of carboxylic acid groups (broad SMARTS) is 1. The molecule has 150 valence electrons. The Kier molecular flexibility index (Phi) is 4.38. The number of anilines is 1. The molecule has 2 aliphatic rings. The van der Waals surface area contributed by atoms with Gasteiger partial charge in [0.2, 0.25) is 5.91 Å². The maximum Gasteiger partial charge on any atom is 0.335 e. The highest BCUT2D eigenvalue weighted by molar-refractivity contribution is 6.31. The fraction of sp³-hybridized carbons (Fsp3) is 0.167. The molecule has 30 heavy (non-hydrogen) atoms. The normalized spacial score (nSPS) is 21.7. The van der Waals surface area contributed by atoms with Crippen LogP contribution >= 0.6 is 23.2 Å². The standard InChI is InChI=1S/C24H17Cl2NO3/c25-17-6-4-15(5-7-17)20-12-24(20)19-11-18(26)8-9-21(19)27(23(24)30)13-14-2-1-3-16(10-14)22(28)29/h1-11,20H,12-13H2,(H,28,29). The Balaban J connectivity index is 1.54. The van der Waals surface area contributed by atoms with Crippen LogP contribution in [-0.4, -0.2) is 17.0 Å². The Morgan fingerprint density at radius 2 is 1.77 bits per heavy atom. The summed E-state index contributed by atoms with van der Waals surface area (Å²) in [5.41, 5.74) is 3.20. The molecular weight excluding hydrogens is 421 g/mol. The number of carbonyl (C=O) groups is 2. The van der Waals surface area contributed by atoms with E-state index in [1.54, 1.807) is 29.2 Å². The molecule has 0 saturated heterocycles. The lowest BCUT2D eigenvalue weighted by molar-refractivity contribution is -0.120. The summed E-state index contributed by atoms with van der Waals surface area (Å²) in [4.78, 5) is 26.7. The highest BCUT2D eigenvalue weighted by atomic mass is 35.5. The largest absolute Gasteiger partial charge is 0.478 e. The van der Waals surface area contributed by atoms with Gasteiger partial charge in [0, 0.05) is 21.7 Å². The predicted octanol–water partition coefficient (Wildman–Crippen LogP) is 5.66. The third-order valence-corrected chi connectivity index (χ3v) is 6.59. The summed E-state index contributed by atoms with van der Waals surface area (Å²) >= 11 is 12.3. The number of hydrogen-bond acceptors (Lipinski definition) is 2. The summed E-state index contributed by atoms with van der Waals surface area (Å²) < 4.78 is 0. The molecule has 5 rings (SSSR count). The van der Waals surface area contributed by atoms with Crippen LogP contribution in [0.2, 0.25) is 10.0 Å². The average molecular weight is 438 g/mol. The van der Waals surface area contributed by atoms with E-state index in [9.17, 15) is 14.7 Å². The molecule has 0 radical (unpaired) electrons. The molecule has 1 aliphatic heterocycles. The number of aromatic carboxylic acids is 1. The topological polar surface area (TPSA) is 57.6 Å². The highest BCUT2D eigenvalue weighted by Crippen LogP contribution is 2.66. The maximum absolute atomic E-state index is 13.7. The van der Waals surface area contributed by atoms with Crippen molar-refractivity contribution in [1.29, 1.82) is 0 Å². The third kappa shape index (κ3) is 2.91. The van der Waals surface area contributed by atoms with E-state index in [0.717, 1.165) is 22.4 Å². The second-order valence-corrected chi connectivity index (χ2v) is 8.71. The van der Waals surface area contributed by atoms with Crippen LogP contribution in [0, 0.1) is 0 Å². The Hall–Kier alpha value is -2.82. The lowest BCUT2D eigenvalue weighted by Crippen LogP contribution is -2.32. The number of halogens is 2. The average Bonchev–Trinajstić information content (AvgIpc) is 3.45. The van der Waals surface area contributed by atoms with Crippen LogP contribution in [0.1, 0.15) is 39.4 Å². The lowest BCUT2D eigenvalue weighted by Gasteiger charge is -2.19. The van der Waals surface area contributed by atoms with Crippen molar-refractivity contribution in [2.45, 2.75) is 24.3 Å². The summed E-state index contributed by atoms with van der Waals surface area (Å²) in [7, 11) is 0. The van der Waals surface area contributed by atoms with E-state index in [1.165, 1.54) is 0 Å². The molecule has 1 fully saturated rings. The summed E-state index contributed by atoms with van der Waals surface area (Å²) in [5.74, 6) is -0.895. The van der Waals surface area contributed by atoms with Gasteiger partial charge in [0.15, 0.2) is 0 Å². The zero-order valence-electron chi connectivity index (χ0n) is 15.8. The minimum atomic E-state index is -0.988. The number of amides is 1. The summed E-state index contributed by atoms with van der Waals surface area (Å²) in [6, 6.07) is 19.9. The molecular formula is C24H17Cl2NO3. The van der Waals surface area contributed by atoms with Gasteiger partial charge in [-0.25, -0.2) is 4.79 Å². The molecule has 3 aromatic rings. The molecule has 2 unspecified atom stereocenters. The number of carbonyl (C=O) groups excluding carboxylic acids is 1. The monoisotopic (exact) mass is 437 g/mol. The first-order valence-electron chi connectivity index (χ1n) is 9.60. The van der Waals surface area contributed by atoms with Crippen LogP contribution in [0.15, 0.2) is 66.7 Å². The molecule has 4 nitrogen and oxygen atoms in total. The summed E-state index contributed by atoms with van der Waals surface area (Å²) in [6.45, 7) is 0.309. The first-order valence-corrected chi connectivity index (χ1v) is 10.4. The van der Waals surface area contributed by atoms with E-state index in [1.807, 2.05) is 42.5 Å². The fourth-order valence-electron chi connectivity index (χ4n) is 4.60. The van der Waals surface area contributed by atoms with Crippen molar-refractivity contribution >= 4 is 40.8 Å². The second kappa shape index (κ2) is 6.86. The van der Waals surface area contributed by atoms with Gasteiger partial charge in [0.05, 0.1) is 17.5 Å². The van der Waals surface area contributed by atoms with Gasteiger partial charge >= 0.3 is 5.97 Å². The molecule has 3 aromatic carbocycles. The molecule has 1 heterocycles. The van der Waals surface area contributed by atoms with Gasteiger partial charge in [-0.3, -0.25) is 4.79 Å². The van der Waals surface area contributed by atoms with Crippen LogP contribution in [0.25, 0.3) is 0 Å². The molecule has 1 N–H and O–H groups in total. The molecule has 1 aliphatic carbocycles. The van der Waals surface area contributed by atoms with Gasteiger partial charge in [0.25, 0.3) is 0 Å². The molecule has 2 atom stereocenters. The Bertz CT molecular complexity index is 1190. The number of benzene rings is 3. The zero-order valence-corrected chi connectivity index (χ0v) is 17.3. The van der Waals surface area contributed by atoms with Gasteiger partial charge in [-0.1, -0.05) is 47.5 Å². The first-order chi connectivity index (χ1) is 14.4. The van der Waals surface area contributed by atoms with Crippen LogP contribution in [0.4, 0.5) is 5.69 Å². The molecule has 1 amide bonds. The van der Waals surface area contributed by atoms with E-state index < -0.39 is 11.4 Å². The summed E-state index contributed by atoms with van der Waals surface area (Å²) in [6.07, 6.45) is 0.715. The SMILES string of the molecule is O=C(O)c1cccc(CN2C(=O)C3(CC3c3ccc(Cl)cc3)c3cc(Cl)ccc32)c1. The minimum absolute atomic E-state index is 0.0282. The van der Waals surface area contributed by atoms with Crippen molar-refractivity contribution < 1.29 is 14.7 Å². The van der Waals surface area contributed by atoms with Gasteiger partial charge in [-0.15, -0.1) is 0 Å². The number of rotatable bonds is 4.